The highest BCUT2D eigenvalue weighted by molar-refractivity contribution is 6.04. The van der Waals surface area contributed by atoms with Gasteiger partial charge in [0.1, 0.15) is 12.6 Å². The van der Waals surface area contributed by atoms with Gasteiger partial charge in [-0.1, -0.05) is 34.6 Å². The van der Waals surface area contributed by atoms with E-state index < -0.39 is 11.9 Å². The Labute approximate surface area is 114 Å². The minimum atomic E-state index is -0.516. The minimum Gasteiger partial charge on any atom is -0.321 e. The first-order valence-corrected chi connectivity index (χ1v) is 6.80. The predicted molar refractivity (Wildman–Crippen MR) is 72.2 cm³/mol. The van der Waals surface area contributed by atoms with Crippen LogP contribution in [-0.2, 0) is 14.4 Å². The van der Waals surface area contributed by atoms with Crippen LogP contribution in [0.5, 0.6) is 0 Å². The summed E-state index contributed by atoms with van der Waals surface area (Å²) < 4.78 is 0. The van der Waals surface area contributed by atoms with Gasteiger partial charge in [0.05, 0.1) is 0 Å². The number of nitrogens with one attached hydrogen (secondary N) is 1. The van der Waals surface area contributed by atoms with Gasteiger partial charge in [-0.05, 0) is 17.8 Å². The van der Waals surface area contributed by atoms with Crippen LogP contribution in [0.15, 0.2) is 0 Å². The van der Waals surface area contributed by atoms with Crippen molar-refractivity contribution >= 4 is 17.7 Å². The average molecular weight is 268 g/mol. The van der Waals surface area contributed by atoms with Gasteiger partial charge in [-0.2, -0.15) is 0 Å². The molecule has 5 nitrogen and oxygen atoms in total. The van der Waals surface area contributed by atoms with Crippen molar-refractivity contribution in [3.8, 4) is 0 Å². The van der Waals surface area contributed by atoms with Crippen molar-refractivity contribution in [3.05, 3.63) is 0 Å². The highest BCUT2D eigenvalue weighted by Crippen LogP contribution is 2.29. The van der Waals surface area contributed by atoms with E-state index in [2.05, 4.69) is 26.1 Å². The van der Waals surface area contributed by atoms with Crippen LogP contribution in [0.3, 0.4) is 0 Å². The molecule has 1 aliphatic rings. The molecule has 108 valence electrons. The normalized spacial score (nSPS) is 22.2. The molecule has 1 aliphatic heterocycles. The Kier molecular flexibility index (Phi) is 4.71. The quantitative estimate of drug-likeness (QED) is 0.785. The van der Waals surface area contributed by atoms with Crippen LogP contribution in [0, 0.1) is 11.3 Å². The number of amides is 3. The number of hydrogen-bond donors (Lipinski definition) is 1. The number of rotatable bonds is 3. The Bertz CT molecular complexity index is 385. The fourth-order valence-corrected chi connectivity index (χ4v) is 2.02. The zero-order valence-corrected chi connectivity index (χ0v) is 12.4. The first kappa shape index (κ1) is 15.7. The van der Waals surface area contributed by atoms with E-state index in [9.17, 15) is 14.4 Å². The second-order valence-electron chi connectivity index (χ2n) is 6.33. The molecule has 5 heteroatoms. The standard InChI is InChI=1S/C14H24N2O3/c1-6-10-13(19)15-11(17)8-16(10)12(18)7-9(2)14(3,4)5/h9-10H,6-8H2,1-5H3,(H,15,17,19). The van der Waals surface area contributed by atoms with Gasteiger partial charge < -0.3 is 4.90 Å². The predicted octanol–water partition coefficient (Wildman–Crippen LogP) is 1.32. The maximum atomic E-state index is 12.3. The molecule has 0 radical (unpaired) electrons. The largest absolute Gasteiger partial charge is 0.321 e. The van der Waals surface area contributed by atoms with Crippen LogP contribution in [0.1, 0.15) is 47.5 Å². The van der Waals surface area contributed by atoms with Gasteiger partial charge in [-0.15, -0.1) is 0 Å². The molecule has 0 aromatic carbocycles. The van der Waals surface area contributed by atoms with Gasteiger partial charge >= 0.3 is 0 Å². The van der Waals surface area contributed by atoms with Crippen LogP contribution in [-0.4, -0.2) is 35.2 Å². The topological polar surface area (TPSA) is 66.5 Å². The number of carbonyl (C=O) groups is 3. The van der Waals surface area contributed by atoms with Gasteiger partial charge in [0.25, 0.3) is 0 Å². The highest BCUT2D eigenvalue weighted by atomic mass is 16.2. The van der Waals surface area contributed by atoms with Gasteiger partial charge in [0.2, 0.25) is 17.7 Å². The fraction of sp³-hybridized carbons (Fsp3) is 0.786. The Morgan fingerprint density at radius 1 is 1.42 bits per heavy atom. The first-order chi connectivity index (χ1) is 8.66. The van der Waals surface area contributed by atoms with Crippen molar-refractivity contribution in [2.75, 3.05) is 6.54 Å². The van der Waals surface area contributed by atoms with Crippen LogP contribution in [0.25, 0.3) is 0 Å². The fourth-order valence-electron chi connectivity index (χ4n) is 2.02. The molecule has 1 heterocycles. The van der Waals surface area contributed by atoms with Crippen molar-refractivity contribution < 1.29 is 14.4 Å². The molecule has 2 unspecified atom stereocenters. The summed E-state index contributed by atoms with van der Waals surface area (Å²) in [5.41, 5.74) is 0.0272. The molecule has 0 aliphatic carbocycles. The minimum absolute atomic E-state index is 0.0139. The van der Waals surface area contributed by atoms with E-state index >= 15 is 0 Å². The third-order valence-corrected chi connectivity index (χ3v) is 3.92. The molecule has 0 bridgehead atoms. The maximum absolute atomic E-state index is 12.3. The summed E-state index contributed by atoms with van der Waals surface area (Å²) >= 11 is 0. The number of imide groups is 1. The van der Waals surface area contributed by atoms with Gasteiger partial charge in [0, 0.05) is 6.42 Å². The SMILES string of the molecule is CCC1C(=O)NC(=O)CN1C(=O)CC(C)C(C)(C)C. The van der Waals surface area contributed by atoms with Gasteiger partial charge in [0.15, 0.2) is 0 Å². The molecule has 2 atom stereocenters. The number of piperazine rings is 1. The smallest absolute Gasteiger partial charge is 0.249 e. The number of hydrogen-bond acceptors (Lipinski definition) is 3. The summed E-state index contributed by atoms with van der Waals surface area (Å²) in [7, 11) is 0. The molecule has 1 fully saturated rings. The lowest BCUT2D eigenvalue weighted by atomic mass is 9.80. The molecule has 1 rings (SSSR count). The summed E-state index contributed by atoms with van der Waals surface area (Å²) in [5, 5.41) is 2.28. The molecular formula is C14H24N2O3. The second-order valence-corrected chi connectivity index (χ2v) is 6.33. The van der Waals surface area contributed by atoms with Crippen LogP contribution < -0.4 is 5.32 Å². The van der Waals surface area contributed by atoms with Crippen molar-refractivity contribution in [2.45, 2.75) is 53.5 Å². The van der Waals surface area contributed by atoms with E-state index in [0.29, 0.717) is 12.8 Å². The molecule has 3 amide bonds. The lowest BCUT2D eigenvalue weighted by molar-refractivity contribution is -0.151. The van der Waals surface area contributed by atoms with E-state index in [1.165, 1.54) is 4.90 Å². The van der Waals surface area contributed by atoms with Crippen molar-refractivity contribution in [1.82, 2.24) is 10.2 Å². The summed E-state index contributed by atoms with van der Waals surface area (Å²) in [4.78, 5) is 36.8. The monoisotopic (exact) mass is 268 g/mol. The van der Waals surface area contributed by atoms with Crippen LogP contribution in [0.4, 0.5) is 0 Å². The molecule has 1 N–H and O–H groups in total. The molecule has 1 saturated heterocycles. The summed E-state index contributed by atoms with van der Waals surface area (Å²) in [6.07, 6.45) is 0.884. The summed E-state index contributed by atoms with van der Waals surface area (Å²) in [5.74, 6) is -0.683. The first-order valence-electron chi connectivity index (χ1n) is 6.80. The molecule has 0 aromatic heterocycles. The Balaban J connectivity index is 2.78. The van der Waals surface area contributed by atoms with E-state index in [4.69, 9.17) is 0 Å². The Morgan fingerprint density at radius 2 is 2.00 bits per heavy atom. The molecule has 0 saturated carbocycles. The number of carbonyl (C=O) groups excluding carboxylic acids is 3. The van der Waals surface area contributed by atoms with Crippen LogP contribution >= 0.6 is 0 Å². The summed E-state index contributed by atoms with van der Waals surface area (Å²) in [6.45, 7) is 10.1. The second kappa shape index (κ2) is 5.72. The van der Waals surface area contributed by atoms with Crippen molar-refractivity contribution in [1.29, 1.82) is 0 Å². The van der Waals surface area contributed by atoms with E-state index in [-0.39, 0.29) is 29.7 Å². The molecule has 19 heavy (non-hydrogen) atoms. The number of nitrogens with zero attached hydrogens (tertiary/aromatic N) is 1. The lowest BCUT2D eigenvalue weighted by Gasteiger charge is -2.35. The van der Waals surface area contributed by atoms with E-state index in [1.54, 1.807) is 0 Å². The molecular weight excluding hydrogens is 244 g/mol. The summed E-state index contributed by atoms with van der Waals surface area (Å²) in [6, 6.07) is -0.516. The third-order valence-electron chi connectivity index (χ3n) is 3.92. The van der Waals surface area contributed by atoms with Gasteiger partial charge in [-0.3, -0.25) is 19.7 Å². The molecule has 0 spiro atoms. The van der Waals surface area contributed by atoms with E-state index in [1.807, 2.05) is 13.8 Å². The highest BCUT2D eigenvalue weighted by Gasteiger charge is 2.36. The maximum Gasteiger partial charge on any atom is 0.249 e. The zero-order chi connectivity index (χ0) is 14.8. The van der Waals surface area contributed by atoms with E-state index in [0.717, 1.165) is 0 Å². The Hall–Kier alpha value is -1.39. The van der Waals surface area contributed by atoms with Crippen LogP contribution in [0.2, 0.25) is 0 Å². The van der Waals surface area contributed by atoms with Gasteiger partial charge in [-0.25, -0.2) is 0 Å². The zero-order valence-electron chi connectivity index (χ0n) is 12.4. The molecule has 0 aromatic rings. The lowest BCUT2D eigenvalue weighted by Crippen LogP contribution is -2.59. The average Bonchev–Trinajstić information content (AvgIpc) is 2.26. The van der Waals surface area contributed by atoms with Crippen molar-refractivity contribution in [2.24, 2.45) is 11.3 Å². The van der Waals surface area contributed by atoms with Crippen molar-refractivity contribution in [3.63, 3.8) is 0 Å². The Morgan fingerprint density at radius 3 is 2.47 bits per heavy atom. The third kappa shape index (κ3) is 3.78.